The number of carboxylic acid groups (broad SMARTS) is 1. The number of aromatic nitrogens is 1. The number of nitrogens with zero attached hydrogens (tertiary/aromatic N) is 2. The van der Waals surface area contributed by atoms with E-state index in [0.717, 1.165) is 34.0 Å². The lowest BCUT2D eigenvalue weighted by atomic mass is 9.99. The number of aliphatic carboxylic acids is 1. The molecule has 0 aliphatic carbocycles. The Morgan fingerprint density at radius 3 is 2.95 bits per heavy atom. The van der Waals surface area contributed by atoms with Gasteiger partial charge in [-0.25, -0.2) is 9.78 Å². The van der Waals surface area contributed by atoms with Crippen molar-refractivity contribution < 1.29 is 9.90 Å². The van der Waals surface area contributed by atoms with Crippen molar-refractivity contribution in [1.29, 1.82) is 0 Å². The van der Waals surface area contributed by atoms with E-state index in [2.05, 4.69) is 20.9 Å². The summed E-state index contributed by atoms with van der Waals surface area (Å²) in [6, 6.07) is 7.86. The van der Waals surface area contributed by atoms with Gasteiger partial charge in [-0.2, -0.15) is 0 Å². The van der Waals surface area contributed by atoms with E-state index in [1.165, 1.54) is 0 Å². The molecule has 0 spiro atoms. The van der Waals surface area contributed by atoms with Crippen LogP contribution < -0.4 is 4.90 Å². The minimum atomic E-state index is -0.871. The fraction of sp³-hybridized carbons (Fsp3) is 0.333. The predicted octanol–water partition coefficient (Wildman–Crippen LogP) is 3.44. The fourth-order valence-corrected chi connectivity index (χ4v) is 3.39. The van der Waals surface area contributed by atoms with Crippen LogP contribution in [-0.4, -0.2) is 28.1 Å². The topological polar surface area (TPSA) is 53.4 Å². The molecule has 2 heterocycles. The maximum Gasteiger partial charge on any atom is 0.329 e. The molecule has 1 aromatic carbocycles. The molecule has 3 rings (SSSR count). The molecule has 1 atom stereocenters. The highest BCUT2D eigenvalue weighted by Crippen LogP contribution is 2.38. The number of fused-ring (bicyclic) bond motifs is 1. The maximum atomic E-state index is 11.6. The highest BCUT2D eigenvalue weighted by Gasteiger charge is 2.44. The fourth-order valence-electron chi connectivity index (χ4n) is 2.89. The van der Waals surface area contributed by atoms with Crippen molar-refractivity contribution in [3.05, 3.63) is 34.9 Å². The Balaban J connectivity index is 2.20. The van der Waals surface area contributed by atoms with Crippen molar-refractivity contribution in [3.8, 4) is 0 Å². The van der Waals surface area contributed by atoms with Gasteiger partial charge in [0.05, 0.1) is 0 Å². The minimum Gasteiger partial charge on any atom is -0.480 e. The molecule has 0 saturated carbocycles. The average Bonchev–Trinajstić information content (AvgIpc) is 2.82. The number of hydrogen-bond acceptors (Lipinski definition) is 3. The normalized spacial score (nSPS) is 22.4. The summed E-state index contributed by atoms with van der Waals surface area (Å²) in [6.07, 6.45) is 3.26. The van der Waals surface area contributed by atoms with E-state index < -0.39 is 11.5 Å². The van der Waals surface area contributed by atoms with Crippen LogP contribution in [0.25, 0.3) is 10.8 Å². The molecular weight excluding hydrogens is 320 g/mol. The summed E-state index contributed by atoms with van der Waals surface area (Å²) >= 11 is 3.53. The van der Waals surface area contributed by atoms with Crippen LogP contribution in [-0.2, 0) is 4.79 Å². The summed E-state index contributed by atoms with van der Waals surface area (Å²) in [5.41, 5.74) is -0.871. The van der Waals surface area contributed by atoms with Gasteiger partial charge >= 0.3 is 5.97 Å². The SMILES string of the molecule is CC1(C(=O)O)CCCN1c1nccc2c(Br)cccc12. The number of benzene rings is 1. The first kappa shape index (κ1) is 13.4. The van der Waals surface area contributed by atoms with E-state index in [9.17, 15) is 9.90 Å². The van der Waals surface area contributed by atoms with Gasteiger partial charge in [-0.3, -0.25) is 0 Å². The molecule has 1 aromatic heterocycles. The average molecular weight is 335 g/mol. The van der Waals surface area contributed by atoms with Crippen molar-refractivity contribution in [2.24, 2.45) is 0 Å². The van der Waals surface area contributed by atoms with Crippen LogP contribution in [0.1, 0.15) is 19.8 Å². The van der Waals surface area contributed by atoms with Crippen molar-refractivity contribution in [2.75, 3.05) is 11.4 Å². The van der Waals surface area contributed by atoms with Crippen LogP contribution in [0.3, 0.4) is 0 Å². The number of anilines is 1. The maximum absolute atomic E-state index is 11.6. The molecule has 1 saturated heterocycles. The zero-order chi connectivity index (χ0) is 14.3. The van der Waals surface area contributed by atoms with Gasteiger partial charge in [0.15, 0.2) is 0 Å². The molecule has 104 valence electrons. The zero-order valence-electron chi connectivity index (χ0n) is 11.1. The van der Waals surface area contributed by atoms with Crippen LogP contribution >= 0.6 is 15.9 Å². The highest BCUT2D eigenvalue weighted by atomic mass is 79.9. The van der Waals surface area contributed by atoms with Gasteiger partial charge < -0.3 is 10.0 Å². The molecule has 5 heteroatoms. The first-order chi connectivity index (χ1) is 9.54. The number of halogens is 1. The lowest BCUT2D eigenvalue weighted by molar-refractivity contribution is -0.142. The van der Waals surface area contributed by atoms with Gasteiger partial charge in [0, 0.05) is 28.0 Å². The third-order valence-electron chi connectivity index (χ3n) is 4.09. The molecule has 1 fully saturated rings. The van der Waals surface area contributed by atoms with E-state index in [-0.39, 0.29) is 0 Å². The Labute approximate surface area is 125 Å². The second kappa shape index (κ2) is 4.74. The van der Waals surface area contributed by atoms with Gasteiger partial charge in [0.1, 0.15) is 11.4 Å². The third kappa shape index (κ3) is 1.88. The number of pyridine rings is 1. The molecule has 1 aliphatic heterocycles. The lowest BCUT2D eigenvalue weighted by Gasteiger charge is -2.32. The molecule has 2 aromatic rings. The summed E-state index contributed by atoms with van der Waals surface area (Å²) in [6.45, 7) is 2.50. The minimum absolute atomic E-state index is 0.647. The lowest BCUT2D eigenvalue weighted by Crippen LogP contribution is -2.48. The van der Waals surface area contributed by atoms with Gasteiger partial charge in [-0.05, 0) is 31.9 Å². The summed E-state index contributed by atoms with van der Waals surface area (Å²) in [4.78, 5) is 18.0. The Morgan fingerprint density at radius 2 is 2.20 bits per heavy atom. The van der Waals surface area contributed by atoms with Crippen LogP contribution in [0.15, 0.2) is 34.9 Å². The number of carboxylic acids is 1. The second-order valence-corrected chi connectivity index (χ2v) is 6.16. The van der Waals surface area contributed by atoms with Gasteiger partial charge in [-0.15, -0.1) is 0 Å². The van der Waals surface area contributed by atoms with Gasteiger partial charge in [-0.1, -0.05) is 28.1 Å². The van der Waals surface area contributed by atoms with E-state index in [1.807, 2.05) is 29.2 Å². The van der Waals surface area contributed by atoms with Crippen LogP contribution in [0.4, 0.5) is 5.82 Å². The number of rotatable bonds is 2. The summed E-state index contributed by atoms with van der Waals surface area (Å²) < 4.78 is 0.995. The largest absolute Gasteiger partial charge is 0.480 e. The Morgan fingerprint density at radius 1 is 1.40 bits per heavy atom. The molecule has 0 bridgehead atoms. The predicted molar refractivity (Wildman–Crippen MR) is 82.1 cm³/mol. The monoisotopic (exact) mass is 334 g/mol. The standard InChI is InChI=1S/C15H15BrN2O2/c1-15(14(19)20)7-3-9-18(15)13-11-4-2-5-12(16)10(11)6-8-17-13/h2,4-6,8H,3,7,9H2,1H3,(H,19,20). The first-order valence-corrected chi connectivity index (χ1v) is 7.37. The van der Waals surface area contributed by atoms with E-state index in [0.29, 0.717) is 6.42 Å². The highest BCUT2D eigenvalue weighted by molar-refractivity contribution is 9.10. The van der Waals surface area contributed by atoms with Crippen molar-refractivity contribution in [3.63, 3.8) is 0 Å². The van der Waals surface area contributed by atoms with Gasteiger partial charge in [0.2, 0.25) is 0 Å². The van der Waals surface area contributed by atoms with Crippen LogP contribution in [0, 0.1) is 0 Å². The van der Waals surface area contributed by atoms with Crippen molar-refractivity contribution >= 4 is 38.5 Å². The zero-order valence-corrected chi connectivity index (χ0v) is 12.7. The molecule has 0 amide bonds. The quantitative estimate of drug-likeness (QED) is 0.913. The third-order valence-corrected chi connectivity index (χ3v) is 4.78. The van der Waals surface area contributed by atoms with E-state index >= 15 is 0 Å². The summed E-state index contributed by atoms with van der Waals surface area (Å²) in [7, 11) is 0. The summed E-state index contributed by atoms with van der Waals surface area (Å²) in [5, 5.41) is 11.6. The number of carbonyl (C=O) groups is 1. The Bertz CT molecular complexity index is 689. The molecule has 1 N–H and O–H groups in total. The Hall–Kier alpha value is -1.62. The Kier molecular flexibility index (Phi) is 3.17. The molecular formula is C15H15BrN2O2. The smallest absolute Gasteiger partial charge is 0.329 e. The molecule has 1 unspecified atom stereocenters. The van der Waals surface area contributed by atoms with E-state index in [1.54, 1.807) is 13.1 Å². The van der Waals surface area contributed by atoms with E-state index in [4.69, 9.17) is 0 Å². The number of hydrogen-bond donors (Lipinski definition) is 1. The first-order valence-electron chi connectivity index (χ1n) is 6.58. The van der Waals surface area contributed by atoms with Crippen molar-refractivity contribution in [2.45, 2.75) is 25.3 Å². The molecule has 4 nitrogen and oxygen atoms in total. The van der Waals surface area contributed by atoms with Crippen LogP contribution in [0.5, 0.6) is 0 Å². The molecule has 20 heavy (non-hydrogen) atoms. The molecule has 0 radical (unpaired) electrons. The molecule has 1 aliphatic rings. The van der Waals surface area contributed by atoms with Crippen LogP contribution in [0.2, 0.25) is 0 Å². The summed E-state index contributed by atoms with van der Waals surface area (Å²) in [5.74, 6) is -0.0324. The second-order valence-electron chi connectivity index (χ2n) is 5.30. The van der Waals surface area contributed by atoms with Crippen molar-refractivity contribution in [1.82, 2.24) is 4.98 Å². The van der Waals surface area contributed by atoms with Gasteiger partial charge in [0.25, 0.3) is 0 Å².